The molecule has 10 radical (unpaired) electrons. The molecule has 2 unspecified atom stereocenters. The maximum atomic E-state index is 10.2. The van der Waals surface area contributed by atoms with Crippen LogP contribution in [0.3, 0.4) is 0 Å². The van der Waals surface area contributed by atoms with Crippen LogP contribution in [0.15, 0.2) is 0 Å². The molecule has 0 rings (SSSR count). The Balaban J connectivity index is -0.0000000358. The van der Waals surface area contributed by atoms with Gasteiger partial charge in [-0.05, 0) is 70.5 Å². The van der Waals surface area contributed by atoms with Crippen LogP contribution in [0, 0.1) is 0 Å². The van der Waals surface area contributed by atoms with Crippen molar-refractivity contribution in [3.05, 3.63) is 0 Å². The fourth-order valence-electron chi connectivity index (χ4n) is 0.232. The van der Waals surface area contributed by atoms with Crippen molar-refractivity contribution in [1.82, 2.24) is 0 Å². The fraction of sp³-hybridized carbons (Fsp3) is 0. The van der Waals surface area contributed by atoms with E-state index in [0.717, 1.165) is 0 Å². The van der Waals surface area contributed by atoms with Crippen LogP contribution in [0.25, 0.3) is 0 Å². The van der Waals surface area contributed by atoms with Crippen LogP contribution in [-0.2, 0) is 186 Å². The summed E-state index contributed by atoms with van der Waals surface area (Å²) in [5, 5.41) is 61.1. The molecule has 0 spiro atoms. The Morgan fingerprint density at radius 2 is 0.694 bits per heavy atom. The predicted octanol–water partition coefficient (Wildman–Crippen LogP) is 1.54. The molecule has 36 heteroatoms. The van der Waals surface area contributed by atoms with Gasteiger partial charge in [0, 0.05) is 114 Å². The second kappa shape index (κ2) is 71.7. The number of hydrogen-bond acceptors (Lipinski definition) is 24. The van der Waals surface area contributed by atoms with E-state index in [-0.39, 0.29) is 114 Å². The minimum atomic E-state index is -2.88. The van der Waals surface area contributed by atoms with Crippen molar-refractivity contribution in [3.63, 3.8) is 0 Å². The van der Waals surface area contributed by atoms with Gasteiger partial charge >= 0.3 is 15.4 Å². The molecule has 0 aromatic heterocycles. The summed E-state index contributed by atoms with van der Waals surface area (Å²) in [6.07, 6.45) is 0. The van der Waals surface area contributed by atoms with Crippen molar-refractivity contribution < 1.29 is 197 Å². The van der Waals surface area contributed by atoms with Crippen molar-refractivity contribution >= 4 is 84.7 Å². The Labute approximate surface area is 279 Å². The van der Waals surface area contributed by atoms with Crippen molar-refractivity contribution in [2.45, 2.75) is 0 Å². The molecular formula is H6Al2Cu2Nb2O24P6. The Morgan fingerprint density at radius 1 is 0.500 bits per heavy atom. The molecule has 0 aromatic carbocycles. The second-order valence-corrected chi connectivity index (χ2v) is 6.90. The van der Waals surface area contributed by atoms with Gasteiger partial charge in [0.25, 0.3) is 16.3 Å². The van der Waals surface area contributed by atoms with Gasteiger partial charge in [-0.3, -0.25) is 27.4 Å². The van der Waals surface area contributed by atoms with Crippen molar-refractivity contribution in [2.24, 2.45) is 0 Å². The smallest absolute Gasteiger partial charge is 0.280 e. The molecule has 0 heterocycles. The summed E-state index contributed by atoms with van der Waals surface area (Å²) in [4.78, 5) is 0. The minimum absolute atomic E-state index is 0. The third-order valence-corrected chi connectivity index (χ3v) is 2.76. The molecule has 0 aliphatic heterocycles. The van der Waals surface area contributed by atoms with E-state index in [9.17, 15) is 18.3 Å². The zero-order chi connectivity index (χ0) is 23.9. The van der Waals surface area contributed by atoms with Crippen LogP contribution in [0.5, 0.6) is 0 Å². The van der Waals surface area contributed by atoms with Crippen LogP contribution < -0.4 is 0 Å². The molecule has 0 aliphatic carbocycles. The number of rotatable bonds is 18. The van der Waals surface area contributed by atoms with Crippen molar-refractivity contribution in [1.29, 1.82) is 0 Å². The molecule has 0 fully saturated rings. The first kappa shape index (κ1) is 67.4. The summed E-state index contributed by atoms with van der Waals surface area (Å²) in [6.45, 7) is 0. The average molecular weight is 943 g/mol. The summed E-state index contributed by atoms with van der Waals surface area (Å²) in [5.74, 6) is 0. The van der Waals surface area contributed by atoms with Gasteiger partial charge in [0.1, 0.15) is 18.2 Å². The van der Waals surface area contributed by atoms with E-state index >= 15 is 0 Å². The largest absolute Gasteiger partial charge is 0.312 e. The Kier molecular flexibility index (Phi) is 134. The first-order valence-electron chi connectivity index (χ1n) is 4.74. The van der Waals surface area contributed by atoms with Gasteiger partial charge < -0.3 is 0 Å². The fourth-order valence-corrected chi connectivity index (χ4v) is 0.830. The van der Waals surface area contributed by atoms with Crippen LogP contribution in [0.4, 0.5) is 0 Å². The standard InChI is InChI=1S/2Al.2Cu.2Nb.2H2O11P2.2HOP/c;;;;;;2*1-4-5-6-7-8-9-10-11-13(3)12-2;2*1-2/h;;;;;;2*1,13H;2*2H. The zero-order valence-electron chi connectivity index (χ0n) is 15.4. The SMILES string of the molecule is O=P.O=P.O=P[PH](=O)OOOOOOOOO.O=P[PH](=O)OOOOOOOOO.[Al].[Al].[Cu].[Cu].[Nb].[Nb]. The molecule has 2 N–H and O–H groups in total. The first-order valence-corrected chi connectivity index (χ1v) is 11.5. The zero-order valence-corrected chi connectivity index (χ0v) is 29.8. The van der Waals surface area contributed by atoms with Crippen LogP contribution in [0.2, 0.25) is 0 Å². The van der Waals surface area contributed by atoms with E-state index in [1.807, 2.05) is 0 Å². The average Bonchev–Trinajstić information content (AvgIpc) is 2.80. The molecule has 0 bridgehead atoms. The van der Waals surface area contributed by atoms with Crippen LogP contribution in [0.1, 0.15) is 0 Å². The Hall–Kier alpha value is 3.72. The second-order valence-electron chi connectivity index (χ2n) is 1.85. The molecule has 2 atom stereocenters. The monoisotopic (exact) mass is 941 g/mol. The van der Waals surface area contributed by atoms with Crippen LogP contribution in [-0.4, -0.2) is 45.2 Å². The summed E-state index contributed by atoms with van der Waals surface area (Å²) in [7, 11) is -3.85. The molecule has 0 aromatic rings. The van der Waals surface area contributed by atoms with Gasteiger partial charge in [-0.25, -0.2) is 10.5 Å². The molecule has 218 valence electrons. The molecule has 24 nitrogen and oxygen atoms in total. The van der Waals surface area contributed by atoms with Crippen LogP contribution >= 0.6 is 50.0 Å². The van der Waals surface area contributed by atoms with E-state index in [1.54, 1.807) is 18.2 Å². The Bertz CT molecular complexity index is 379. The third kappa shape index (κ3) is 76.9. The van der Waals surface area contributed by atoms with E-state index in [2.05, 4.69) is 79.9 Å². The quantitative estimate of drug-likeness (QED) is 0.0648. The van der Waals surface area contributed by atoms with Gasteiger partial charge in [0.05, 0.1) is 0 Å². The van der Waals surface area contributed by atoms with Gasteiger partial charge in [0.2, 0.25) is 0 Å². The van der Waals surface area contributed by atoms with Gasteiger partial charge in [0.15, 0.2) is 0 Å². The van der Waals surface area contributed by atoms with Gasteiger partial charge in [-0.2, -0.15) is 0 Å². The maximum Gasteiger partial charge on any atom is 0.312 e. The molecule has 0 saturated heterocycles. The predicted molar refractivity (Wildman–Crippen MR) is 85.3 cm³/mol. The Morgan fingerprint density at radius 3 is 0.889 bits per heavy atom. The van der Waals surface area contributed by atoms with E-state index in [1.165, 1.54) is 0 Å². The van der Waals surface area contributed by atoms with E-state index < -0.39 is 31.7 Å². The summed E-state index contributed by atoms with van der Waals surface area (Å²) in [6, 6.07) is 0. The summed E-state index contributed by atoms with van der Waals surface area (Å²) in [5.41, 5.74) is 0. The molecule has 0 amide bonds. The molecule has 0 aliphatic rings. The van der Waals surface area contributed by atoms with Gasteiger partial charge in [-0.1, -0.05) is 0 Å². The number of hydrogen-bond donors (Lipinski definition) is 2. The van der Waals surface area contributed by atoms with E-state index in [0.29, 0.717) is 0 Å². The summed E-state index contributed by atoms with van der Waals surface area (Å²) < 4.78 is 63.3. The molecule has 36 heavy (non-hydrogen) atoms. The van der Waals surface area contributed by atoms with E-state index in [4.69, 9.17) is 19.6 Å². The van der Waals surface area contributed by atoms with Gasteiger partial charge in [-0.15, -0.1) is 9.35 Å². The first-order chi connectivity index (χ1) is 14.6. The summed E-state index contributed by atoms with van der Waals surface area (Å²) >= 11 is 0. The van der Waals surface area contributed by atoms with Crippen molar-refractivity contribution in [3.8, 4) is 0 Å². The third-order valence-electron chi connectivity index (χ3n) is 0.698. The topological polar surface area (TPSA) is 291 Å². The maximum absolute atomic E-state index is 10.2. The minimum Gasteiger partial charge on any atom is -0.280 e. The normalized spacial score (nSPS) is 9.83. The molecular weight excluding hydrogens is 937 g/mol. The molecule has 0 saturated carbocycles. The van der Waals surface area contributed by atoms with Crippen molar-refractivity contribution in [2.75, 3.05) is 0 Å².